The molecule has 0 amide bonds. The fraction of sp³-hybridized carbons (Fsp3) is 0.308. The maximum atomic E-state index is 9.24. The molecule has 0 aliphatic rings. The lowest BCUT2D eigenvalue weighted by molar-refractivity contribution is 0.472. The van der Waals surface area contributed by atoms with Crippen molar-refractivity contribution in [3.8, 4) is 5.75 Å². The summed E-state index contributed by atoms with van der Waals surface area (Å²) in [5, 5.41) is 15.8. The minimum Gasteiger partial charge on any atom is -0.508 e. The fourth-order valence-corrected chi connectivity index (χ4v) is 2.41. The highest BCUT2D eigenvalue weighted by Crippen LogP contribution is 2.21. The van der Waals surface area contributed by atoms with Crippen molar-refractivity contribution in [3.63, 3.8) is 0 Å². The summed E-state index contributed by atoms with van der Waals surface area (Å²) in [7, 11) is 0. The van der Waals surface area contributed by atoms with E-state index < -0.39 is 0 Å². The van der Waals surface area contributed by atoms with Gasteiger partial charge < -0.3 is 10.4 Å². The van der Waals surface area contributed by atoms with Crippen LogP contribution in [0.2, 0.25) is 0 Å². The molecule has 2 N–H and O–H groups in total. The van der Waals surface area contributed by atoms with Crippen LogP contribution < -0.4 is 5.32 Å². The van der Waals surface area contributed by atoms with Gasteiger partial charge in [-0.15, -0.1) is 11.3 Å². The topological polar surface area (TPSA) is 45.2 Å². The van der Waals surface area contributed by atoms with Crippen molar-refractivity contribution in [1.82, 2.24) is 10.3 Å². The minimum absolute atomic E-state index is 0.231. The molecule has 17 heavy (non-hydrogen) atoms. The average Bonchev–Trinajstić information content (AvgIpc) is 2.83. The molecule has 90 valence electrons. The molecule has 1 heterocycles. The molecule has 1 aromatic heterocycles. The number of nitrogens with one attached hydrogen (secondary N) is 1. The van der Waals surface area contributed by atoms with Crippen LogP contribution in [0.1, 0.15) is 36.5 Å². The molecule has 3 nitrogen and oxygen atoms in total. The largest absolute Gasteiger partial charge is 0.508 e. The van der Waals surface area contributed by atoms with Gasteiger partial charge in [-0.05, 0) is 31.5 Å². The first-order chi connectivity index (χ1) is 8.16. The fourth-order valence-electron chi connectivity index (χ4n) is 1.75. The SMILES string of the molecule is CC(NC(C)c1nccs1)c1ccc(O)cc1. The van der Waals surface area contributed by atoms with Gasteiger partial charge in [0.05, 0.1) is 6.04 Å². The first-order valence-corrected chi connectivity index (χ1v) is 6.49. The molecule has 4 heteroatoms. The summed E-state index contributed by atoms with van der Waals surface area (Å²) >= 11 is 1.66. The van der Waals surface area contributed by atoms with Crippen LogP contribution in [0.4, 0.5) is 0 Å². The number of phenols is 1. The van der Waals surface area contributed by atoms with E-state index >= 15 is 0 Å². The lowest BCUT2D eigenvalue weighted by atomic mass is 10.1. The summed E-state index contributed by atoms with van der Waals surface area (Å²) in [5.41, 5.74) is 1.16. The highest BCUT2D eigenvalue weighted by molar-refractivity contribution is 7.09. The second-order valence-corrected chi connectivity index (χ2v) is 5.00. The number of rotatable bonds is 4. The predicted octanol–water partition coefficient (Wildman–Crippen LogP) is 3.26. The molecule has 0 radical (unpaired) electrons. The highest BCUT2D eigenvalue weighted by Gasteiger charge is 2.12. The van der Waals surface area contributed by atoms with Gasteiger partial charge in [-0.25, -0.2) is 4.98 Å². The summed E-state index contributed by atoms with van der Waals surface area (Å²) in [4.78, 5) is 4.29. The number of hydrogen-bond acceptors (Lipinski definition) is 4. The Morgan fingerprint density at radius 2 is 1.88 bits per heavy atom. The number of hydrogen-bond donors (Lipinski definition) is 2. The molecule has 2 unspecified atom stereocenters. The normalized spacial score (nSPS) is 14.5. The zero-order valence-electron chi connectivity index (χ0n) is 9.92. The Bertz CT molecular complexity index is 453. The maximum absolute atomic E-state index is 9.24. The molecule has 0 fully saturated rings. The van der Waals surface area contributed by atoms with E-state index in [2.05, 4.69) is 24.1 Å². The van der Waals surface area contributed by atoms with Gasteiger partial charge in [-0.3, -0.25) is 0 Å². The molecule has 1 aromatic carbocycles. The van der Waals surface area contributed by atoms with Gasteiger partial charge in [0.2, 0.25) is 0 Å². The Morgan fingerprint density at radius 3 is 2.47 bits per heavy atom. The van der Waals surface area contributed by atoms with Crippen molar-refractivity contribution >= 4 is 11.3 Å². The molecule has 0 aliphatic carbocycles. The third-order valence-corrected chi connectivity index (χ3v) is 3.67. The molecule has 2 atom stereocenters. The Hall–Kier alpha value is -1.39. The molecule has 0 saturated carbocycles. The van der Waals surface area contributed by atoms with Crippen molar-refractivity contribution < 1.29 is 5.11 Å². The van der Waals surface area contributed by atoms with Crippen LogP contribution in [-0.4, -0.2) is 10.1 Å². The van der Waals surface area contributed by atoms with Crippen LogP contribution in [0, 0.1) is 0 Å². The summed E-state index contributed by atoms with van der Waals surface area (Å²) in [6.07, 6.45) is 1.82. The Labute approximate surface area is 105 Å². The Morgan fingerprint density at radius 1 is 1.18 bits per heavy atom. The second kappa shape index (κ2) is 5.29. The Kier molecular flexibility index (Phi) is 3.76. The number of benzene rings is 1. The van der Waals surface area contributed by atoms with E-state index in [4.69, 9.17) is 0 Å². The quantitative estimate of drug-likeness (QED) is 0.873. The van der Waals surface area contributed by atoms with Crippen molar-refractivity contribution in [2.24, 2.45) is 0 Å². The van der Waals surface area contributed by atoms with Gasteiger partial charge in [-0.2, -0.15) is 0 Å². The van der Waals surface area contributed by atoms with Crippen LogP contribution in [0.3, 0.4) is 0 Å². The van der Waals surface area contributed by atoms with Crippen molar-refractivity contribution in [2.75, 3.05) is 0 Å². The minimum atomic E-state index is 0.231. The second-order valence-electron chi connectivity index (χ2n) is 4.07. The van der Waals surface area contributed by atoms with E-state index in [-0.39, 0.29) is 12.1 Å². The van der Waals surface area contributed by atoms with Gasteiger partial charge in [0, 0.05) is 17.6 Å². The van der Waals surface area contributed by atoms with E-state index in [1.807, 2.05) is 23.7 Å². The smallest absolute Gasteiger partial charge is 0.115 e. The lowest BCUT2D eigenvalue weighted by Gasteiger charge is -2.18. The summed E-state index contributed by atoms with van der Waals surface area (Å²) in [5.74, 6) is 0.300. The molecular weight excluding hydrogens is 232 g/mol. The monoisotopic (exact) mass is 248 g/mol. The van der Waals surface area contributed by atoms with Gasteiger partial charge >= 0.3 is 0 Å². The van der Waals surface area contributed by atoms with Gasteiger partial charge in [0.25, 0.3) is 0 Å². The lowest BCUT2D eigenvalue weighted by Crippen LogP contribution is -2.22. The first kappa shape index (κ1) is 12.1. The van der Waals surface area contributed by atoms with Crippen LogP contribution in [0.15, 0.2) is 35.8 Å². The van der Waals surface area contributed by atoms with Gasteiger partial charge in [0.15, 0.2) is 0 Å². The van der Waals surface area contributed by atoms with Crippen LogP contribution in [-0.2, 0) is 0 Å². The van der Waals surface area contributed by atoms with Crippen LogP contribution in [0.25, 0.3) is 0 Å². The summed E-state index contributed by atoms with van der Waals surface area (Å²) in [6, 6.07) is 7.75. The average molecular weight is 248 g/mol. The van der Waals surface area contributed by atoms with Gasteiger partial charge in [0.1, 0.15) is 10.8 Å². The molecular formula is C13H16N2OS. The third kappa shape index (κ3) is 3.05. The standard InChI is InChI=1S/C13H16N2OS/c1-9(11-3-5-12(16)6-4-11)15-10(2)13-14-7-8-17-13/h3-10,15-16H,1-2H3. The molecule has 0 spiro atoms. The van der Waals surface area contributed by atoms with E-state index in [1.165, 1.54) is 0 Å². The van der Waals surface area contributed by atoms with E-state index in [0.29, 0.717) is 5.75 Å². The molecule has 0 saturated heterocycles. The first-order valence-electron chi connectivity index (χ1n) is 5.61. The Balaban J connectivity index is 2.01. The van der Waals surface area contributed by atoms with Crippen molar-refractivity contribution in [1.29, 1.82) is 0 Å². The van der Waals surface area contributed by atoms with Crippen LogP contribution >= 0.6 is 11.3 Å². The molecule has 2 rings (SSSR count). The van der Waals surface area contributed by atoms with Crippen LogP contribution in [0.5, 0.6) is 5.75 Å². The number of nitrogens with zero attached hydrogens (tertiary/aromatic N) is 1. The van der Waals surface area contributed by atoms with Crippen molar-refractivity contribution in [3.05, 3.63) is 46.4 Å². The van der Waals surface area contributed by atoms with E-state index in [9.17, 15) is 5.11 Å². The molecule has 0 aliphatic heterocycles. The van der Waals surface area contributed by atoms with E-state index in [1.54, 1.807) is 23.5 Å². The maximum Gasteiger partial charge on any atom is 0.115 e. The van der Waals surface area contributed by atoms with Gasteiger partial charge in [-0.1, -0.05) is 12.1 Å². The number of aromatic nitrogens is 1. The third-order valence-electron chi connectivity index (χ3n) is 2.71. The summed E-state index contributed by atoms with van der Waals surface area (Å²) in [6.45, 7) is 4.21. The number of aromatic hydroxyl groups is 1. The zero-order valence-corrected chi connectivity index (χ0v) is 10.7. The zero-order chi connectivity index (χ0) is 12.3. The predicted molar refractivity (Wildman–Crippen MR) is 70.2 cm³/mol. The highest BCUT2D eigenvalue weighted by atomic mass is 32.1. The summed E-state index contributed by atoms with van der Waals surface area (Å²) < 4.78 is 0. The van der Waals surface area contributed by atoms with Crippen molar-refractivity contribution in [2.45, 2.75) is 25.9 Å². The molecule has 2 aromatic rings. The number of phenolic OH excluding ortho intramolecular Hbond substituents is 1. The van der Waals surface area contributed by atoms with E-state index in [0.717, 1.165) is 10.6 Å². The number of thiazole rings is 1. The molecule has 0 bridgehead atoms.